The molecule has 0 saturated carbocycles. The first-order valence-corrected chi connectivity index (χ1v) is 6.23. The van der Waals surface area contributed by atoms with Crippen molar-refractivity contribution in [2.75, 3.05) is 0 Å². The van der Waals surface area contributed by atoms with Crippen molar-refractivity contribution in [1.29, 1.82) is 0 Å². The number of aromatic nitrogens is 1. The third kappa shape index (κ3) is 1.93. The van der Waals surface area contributed by atoms with Crippen molar-refractivity contribution < 1.29 is 5.21 Å². The summed E-state index contributed by atoms with van der Waals surface area (Å²) < 4.78 is 0. The van der Waals surface area contributed by atoms with Gasteiger partial charge in [-0.15, -0.1) is 5.16 Å². The fourth-order valence-corrected chi connectivity index (χ4v) is 2.56. The molecule has 1 aromatic carbocycles. The minimum Gasteiger partial charge on any atom is -0.411 e. The van der Waals surface area contributed by atoms with E-state index < -0.39 is 5.41 Å². The van der Waals surface area contributed by atoms with E-state index in [1.54, 1.807) is 12.4 Å². The molecule has 0 bridgehead atoms. The molecule has 0 radical (unpaired) electrons. The summed E-state index contributed by atoms with van der Waals surface area (Å²) in [5.74, 6) is 0. The van der Waals surface area contributed by atoms with E-state index in [0.29, 0.717) is 0 Å². The van der Waals surface area contributed by atoms with Crippen LogP contribution in [0.15, 0.2) is 66.0 Å². The van der Waals surface area contributed by atoms with Gasteiger partial charge in [-0.2, -0.15) is 0 Å². The average molecular weight is 250 g/mol. The first-order valence-electron chi connectivity index (χ1n) is 6.23. The highest BCUT2D eigenvalue weighted by Crippen LogP contribution is 2.34. The van der Waals surface area contributed by atoms with E-state index in [4.69, 9.17) is 5.21 Å². The molecule has 0 spiro atoms. The Bertz CT molecular complexity index is 683. The maximum absolute atomic E-state index is 9.00. The zero-order valence-electron chi connectivity index (χ0n) is 10.4. The second kappa shape index (κ2) is 4.69. The molecule has 0 amide bonds. The Morgan fingerprint density at radius 3 is 2.89 bits per heavy atom. The smallest absolute Gasteiger partial charge is 0.0734 e. The number of benzene rings is 1. The Morgan fingerprint density at radius 1 is 1.21 bits per heavy atom. The van der Waals surface area contributed by atoms with Crippen LogP contribution >= 0.6 is 0 Å². The van der Waals surface area contributed by atoms with Crippen LogP contribution in [0.2, 0.25) is 0 Å². The molecule has 0 unspecified atom stereocenters. The lowest BCUT2D eigenvalue weighted by Gasteiger charge is -2.27. The fraction of sp³-hybridized carbons (Fsp3) is 0.125. The Kier molecular flexibility index (Phi) is 2.88. The zero-order chi connectivity index (χ0) is 13.1. The Labute approximate surface area is 111 Å². The van der Waals surface area contributed by atoms with Crippen molar-refractivity contribution in [1.82, 2.24) is 4.98 Å². The molecule has 19 heavy (non-hydrogen) atoms. The first kappa shape index (κ1) is 11.7. The van der Waals surface area contributed by atoms with Crippen molar-refractivity contribution in [3.05, 3.63) is 66.5 Å². The van der Waals surface area contributed by atoms with Crippen molar-refractivity contribution in [3.63, 3.8) is 0 Å². The largest absolute Gasteiger partial charge is 0.411 e. The number of hydrogen-bond donors (Lipinski definition) is 1. The van der Waals surface area contributed by atoms with Crippen LogP contribution in [0.1, 0.15) is 12.1 Å². The topological polar surface area (TPSA) is 45.5 Å². The highest BCUT2D eigenvalue weighted by Gasteiger charge is 2.31. The lowest BCUT2D eigenvalue weighted by molar-refractivity contribution is 0.318. The van der Waals surface area contributed by atoms with Gasteiger partial charge in [0.15, 0.2) is 0 Å². The van der Waals surface area contributed by atoms with Gasteiger partial charge in [0.05, 0.1) is 17.3 Å². The van der Waals surface area contributed by atoms with Gasteiger partial charge in [-0.25, -0.2) is 0 Å². The van der Waals surface area contributed by atoms with E-state index >= 15 is 0 Å². The van der Waals surface area contributed by atoms with E-state index in [9.17, 15) is 0 Å². The number of rotatable bonds is 2. The van der Waals surface area contributed by atoms with Gasteiger partial charge in [-0.05, 0) is 17.9 Å². The van der Waals surface area contributed by atoms with Gasteiger partial charge in [-0.1, -0.05) is 48.6 Å². The molecule has 1 heterocycles. The molecule has 1 aliphatic carbocycles. The minimum atomic E-state index is -0.468. The van der Waals surface area contributed by atoms with Crippen LogP contribution in [0.25, 0.3) is 10.8 Å². The lowest BCUT2D eigenvalue weighted by atomic mass is 9.78. The highest BCUT2D eigenvalue weighted by molar-refractivity contribution is 5.90. The Hall–Kier alpha value is -2.42. The van der Waals surface area contributed by atoms with E-state index in [-0.39, 0.29) is 0 Å². The van der Waals surface area contributed by atoms with Crippen molar-refractivity contribution in [2.24, 2.45) is 5.16 Å². The zero-order valence-corrected chi connectivity index (χ0v) is 10.4. The number of hydrogen-bond acceptors (Lipinski definition) is 3. The van der Waals surface area contributed by atoms with E-state index in [2.05, 4.69) is 28.3 Å². The van der Waals surface area contributed by atoms with Gasteiger partial charge in [0, 0.05) is 11.6 Å². The second-order valence-corrected chi connectivity index (χ2v) is 4.66. The van der Waals surface area contributed by atoms with Crippen LogP contribution in [-0.2, 0) is 5.41 Å². The van der Waals surface area contributed by atoms with Gasteiger partial charge in [0.2, 0.25) is 0 Å². The lowest BCUT2D eigenvalue weighted by Crippen LogP contribution is -2.27. The molecule has 3 heteroatoms. The molecular formula is C16H14N2O. The SMILES string of the molecule is O/N=C/[C@]1(c2nccc3ccccc23)C=CC=CC1. The predicted molar refractivity (Wildman–Crippen MR) is 76.6 cm³/mol. The van der Waals surface area contributed by atoms with Crippen LogP contribution in [0.3, 0.4) is 0 Å². The average Bonchev–Trinajstić information content (AvgIpc) is 2.48. The molecule has 1 N–H and O–H groups in total. The van der Waals surface area contributed by atoms with Gasteiger partial charge in [0.1, 0.15) is 0 Å². The molecule has 94 valence electrons. The molecule has 0 fully saturated rings. The van der Waals surface area contributed by atoms with Gasteiger partial charge >= 0.3 is 0 Å². The fourth-order valence-electron chi connectivity index (χ4n) is 2.56. The van der Waals surface area contributed by atoms with Crippen LogP contribution in [-0.4, -0.2) is 16.4 Å². The monoisotopic (exact) mass is 250 g/mol. The molecule has 3 nitrogen and oxygen atoms in total. The van der Waals surface area contributed by atoms with Crippen molar-refractivity contribution in [2.45, 2.75) is 11.8 Å². The number of nitrogens with zero attached hydrogens (tertiary/aromatic N) is 2. The summed E-state index contributed by atoms with van der Waals surface area (Å²) in [5.41, 5.74) is 0.452. The summed E-state index contributed by atoms with van der Waals surface area (Å²) in [6, 6.07) is 10.1. The maximum Gasteiger partial charge on any atom is 0.0734 e. The summed E-state index contributed by atoms with van der Waals surface area (Å²) in [5, 5.41) is 14.5. The summed E-state index contributed by atoms with van der Waals surface area (Å²) in [6.45, 7) is 0. The number of pyridine rings is 1. The van der Waals surface area contributed by atoms with Crippen LogP contribution in [0, 0.1) is 0 Å². The second-order valence-electron chi connectivity index (χ2n) is 4.66. The van der Waals surface area contributed by atoms with E-state index in [0.717, 1.165) is 22.9 Å². The quantitative estimate of drug-likeness (QED) is 0.504. The third-order valence-corrected chi connectivity index (χ3v) is 3.50. The normalized spacial score (nSPS) is 22.3. The summed E-state index contributed by atoms with van der Waals surface area (Å²) in [4.78, 5) is 4.53. The summed E-state index contributed by atoms with van der Waals surface area (Å²) >= 11 is 0. The minimum absolute atomic E-state index is 0.468. The van der Waals surface area contributed by atoms with E-state index in [1.165, 1.54) is 0 Å². The molecule has 1 atom stereocenters. The van der Waals surface area contributed by atoms with Crippen LogP contribution in [0.5, 0.6) is 0 Å². The van der Waals surface area contributed by atoms with Crippen LogP contribution in [0.4, 0.5) is 0 Å². The van der Waals surface area contributed by atoms with Gasteiger partial charge < -0.3 is 5.21 Å². The Balaban J connectivity index is 2.27. The standard InChI is InChI=1S/C16H14N2O/c19-18-12-16(9-4-1-5-10-16)15-14-7-3-2-6-13(14)8-11-17-15/h1-9,11-12,19H,10H2/b18-12+/t16-/m0/s1. The molecule has 1 aromatic heterocycles. The number of allylic oxidation sites excluding steroid dienone is 4. The summed E-state index contributed by atoms with van der Waals surface area (Å²) in [7, 11) is 0. The van der Waals surface area contributed by atoms with Crippen LogP contribution < -0.4 is 0 Å². The molecule has 0 aliphatic heterocycles. The Morgan fingerprint density at radius 2 is 2.11 bits per heavy atom. The molecule has 0 saturated heterocycles. The summed E-state index contributed by atoms with van der Waals surface area (Å²) in [6.07, 6.45) is 12.2. The molecule has 1 aliphatic rings. The van der Waals surface area contributed by atoms with Gasteiger partial charge in [-0.3, -0.25) is 4.98 Å². The van der Waals surface area contributed by atoms with Gasteiger partial charge in [0.25, 0.3) is 0 Å². The molecule has 2 aromatic rings. The predicted octanol–water partition coefficient (Wildman–Crippen LogP) is 3.45. The highest BCUT2D eigenvalue weighted by atomic mass is 16.4. The van der Waals surface area contributed by atoms with Crippen molar-refractivity contribution >= 4 is 17.0 Å². The molecule has 3 rings (SSSR count). The van der Waals surface area contributed by atoms with E-state index in [1.807, 2.05) is 36.4 Å². The third-order valence-electron chi connectivity index (χ3n) is 3.50. The first-order chi connectivity index (χ1) is 9.36. The molecular weight excluding hydrogens is 236 g/mol. The maximum atomic E-state index is 9.00. The number of fused-ring (bicyclic) bond motifs is 1. The number of oxime groups is 1. The van der Waals surface area contributed by atoms with Crippen molar-refractivity contribution in [3.8, 4) is 0 Å².